The average molecular weight is 693 g/mol. The summed E-state index contributed by atoms with van der Waals surface area (Å²) in [6.45, 7) is 0. The van der Waals surface area contributed by atoms with Crippen LogP contribution in [0.4, 0.5) is 0 Å². The normalized spacial score (nSPS) is 11.0. The van der Waals surface area contributed by atoms with Gasteiger partial charge in [0.05, 0.1) is 45.6 Å². The molecule has 0 saturated carbocycles. The highest BCUT2D eigenvalue weighted by Crippen LogP contribution is 2.44. The Balaban J connectivity index is 1.35. The predicted molar refractivity (Wildman–Crippen MR) is 217 cm³/mol. The molecule has 0 N–H and O–H groups in total. The Bertz CT molecular complexity index is 2370. The summed E-state index contributed by atoms with van der Waals surface area (Å²) in [6, 6.07) is 57.9. The zero-order valence-corrected chi connectivity index (χ0v) is 29.2. The fourth-order valence-corrected chi connectivity index (χ4v) is 6.74. The van der Waals surface area contributed by atoms with Crippen molar-refractivity contribution in [2.45, 2.75) is 0 Å². The number of hydrogen-bond acceptors (Lipinski definition) is 6. The molecule has 0 aliphatic carbocycles. The molecule has 0 aliphatic rings. The zero-order valence-electron chi connectivity index (χ0n) is 29.2. The van der Waals surface area contributed by atoms with Gasteiger partial charge in [0.2, 0.25) is 0 Å². The quantitative estimate of drug-likeness (QED) is 0.158. The fraction of sp³-hybridized carbons (Fsp3) is 0. The van der Waals surface area contributed by atoms with Gasteiger partial charge in [-0.25, -0.2) is 9.97 Å². The van der Waals surface area contributed by atoms with E-state index in [-0.39, 0.29) is 0 Å². The first kappa shape index (κ1) is 32.5. The summed E-state index contributed by atoms with van der Waals surface area (Å²) in [5.74, 6) is 0. The van der Waals surface area contributed by atoms with Crippen molar-refractivity contribution >= 4 is 0 Å². The molecule has 0 atom stereocenters. The Labute approximate surface area is 313 Å². The van der Waals surface area contributed by atoms with E-state index in [1.54, 1.807) is 24.8 Å². The topological polar surface area (TPSA) is 77.3 Å². The molecular formula is C48H32N6. The van der Waals surface area contributed by atoms with Gasteiger partial charge in [-0.3, -0.25) is 19.9 Å². The second-order valence-corrected chi connectivity index (χ2v) is 12.8. The lowest BCUT2D eigenvalue weighted by Gasteiger charge is -2.20. The van der Waals surface area contributed by atoms with Gasteiger partial charge < -0.3 is 0 Å². The van der Waals surface area contributed by atoms with Crippen molar-refractivity contribution < 1.29 is 0 Å². The van der Waals surface area contributed by atoms with Gasteiger partial charge in [-0.2, -0.15) is 0 Å². The highest BCUT2D eigenvalue weighted by Gasteiger charge is 2.20. The molecule has 0 bridgehead atoms. The highest BCUT2D eigenvalue weighted by atomic mass is 14.8. The molecule has 0 fully saturated rings. The summed E-state index contributed by atoms with van der Waals surface area (Å²) in [6.07, 6.45) is 7.20. The first-order chi connectivity index (χ1) is 26.8. The molecule has 0 aliphatic heterocycles. The molecule has 0 radical (unpaired) electrons. The second-order valence-electron chi connectivity index (χ2n) is 12.8. The number of hydrogen-bond donors (Lipinski definition) is 0. The summed E-state index contributed by atoms with van der Waals surface area (Å²) in [7, 11) is 0. The second kappa shape index (κ2) is 14.7. The van der Waals surface area contributed by atoms with Crippen molar-refractivity contribution in [3.63, 3.8) is 0 Å². The number of pyridine rings is 6. The van der Waals surface area contributed by atoms with E-state index in [2.05, 4.69) is 105 Å². The van der Waals surface area contributed by atoms with E-state index in [4.69, 9.17) is 9.97 Å². The maximum Gasteiger partial charge on any atom is 0.0900 e. The Morgan fingerprint density at radius 3 is 0.778 bits per heavy atom. The number of aromatic nitrogens is 6. The SMILES string of the molecule is c1ccc(-c2cc(-c3cc(-c4ccccn4)nc(-c4ccccn4)c3)c(-c3ccccc3)cc2-c2cc(-c3ccccn3)nc(-c3ccccn3)c2)cc1. The molecule has 6 heterocycles. The minimum absolute atomic E-state index is 0.771. The molecule has 54 heavy (non-hydrogen) atoms. The predicted octanol–water partition coefficient (Wildman–Crippen LogP) is 11.4. The van der Waals surface area contributed by atoms with Crippen molar-refractivity contribution in [3.8, 4) is 90.1 Å². The van der Waals surface area contributed by atoms with Crippen molar-refractivity contribution in [1.29, 1.82) is 0 Å². The van der Waals surface area contributed by atoms with Crippen LogP contribution in [0.25, 0.3) is 90.1 Å². The van der Waals surface area contributed by atoms with Crippen molar-refractivity contribution in [2.75, 3.05) is 0 Å². The van der Waals surface area contributed by atoms with E-state index in [1.165, 1.54) is 0 Å². The van der Waals surface area contributed by atoms with Crippen molar-refractivity contribution in [3.05, 3.63) is 195 Å². The minimum Gasteiger partial charge on any atom is -0.255 e. The molecular weight excluding hydrogens is 661 g/mol. The Kier molecular flexibility index (Phi) is 8.81. The number of benzene rings is 3. The van der Waals surface area contributed by atoms with Crippen LogP contribution in [0.3, 0.4) is 0 Å². The Morgan fingerprint density at radius 2 is 0.500 bits per heavy atom. The highest BCUT2D eigenvalue weighted by molar-refractivity contribution is 5.97. The van der Waals surface area contributed by atoms with Gasteiger partial charge in [0.1, 0.15) is 0 Å². The van der Waals surface area contributed by atoms with Gasteiger partial charge >= 0.3 is 0 Å². The van der Waals surface area contributed by atoms with Gasteiger partial charge in [-0.1, -0.05) is 84.9 Å². The standard InChI is InChI=1S/C48H32N6/c1-3-15-33(16-4-1)37-31-40(36-29-47(43-21-9-13-25-51-43)54-48(30-36)44-22-10-14-26-52-44)38(34-17-5-2-6-18-34)32-39(37)35-27-45(41-19-7-11-23-49-41)53-46(28-35)42-20-8-12-24-50-42/h1-32H. The maximum absolute atomic E-state index is 5.08. The van der Waals surface area contributed by atoms with Crippen LogP contribution < -0.4 is 0 Å². The third-order valence-corrected chi connectivity index (χ3v) is 9.31. The van der Waals surface area contributed by atoms with E-state index < -0.39 is 0 Å². The molecule has 0 spiro atoms. The van der Waals surface area contributed by atoms with Crippen LogP contribution in [0.15, 0.2) is 195 Å². The van der Waals surface area contributed by atoms with Crippen LogP contribution in [0.1, 0.15) is 0 Å². The van der Waals surface area contributed by atoms with E-state index >= 15 is 0 Å². The summed E-state index contributed by atoms with van der Waals surface area (Å²) in [5, 5.41) is 0. The third kappa shape index (κ3) is 6.67. The summed E-state index contributed by atoms with van der Waals surface area (Å²) in [5.41, 5.74) is 14.7. The maximum atomic E-state index is 5.08. The van der Waals surface area contributed by atoms with E-state index in [1.807, 2.05) is 84.9 Å². The smallest absolute Gasteiger partial charge is 0.0900 e. The van der Waals surface area contributed by atoms with E-state index in [9.17, 15) is 0 Å². The lowest BCUT2D eigenvalue weighted by atomic mass is 9.85. The van der Waals surface area contributed by atoms with Crippen molar-refractivity contribution in [1.82, 2.24) is 29.9 Å². The van der Waals surface area contributed by atoms with Crippen molar-refractivity contribution in [2.24, 2.45) is 0 Å². The van der Waals surface area contributed by atoms with Crippen LogP contribution in [-0.4, -0.2) is 29.9 Å². The zero-order chi connectivity index (χ0) is 36.1. The minimum atomic E-state index is 0.771. The summed E-state index contributed by atoms with van der Waals surface area (Å²) in [4.78, 5) is 28.9. The Hall–Kier alpha value is -7.44. The van der Waals surface area contributed by atoms with Crippen LogP contribution in [-0.2, 0) is 0 Å². The lowest BCUT2D eigenvalue weighted by Crippen LogP contribution is -1.98. The molecule has 6 heteroatoms. The van der Waals surface area contributed by atoms with Crippen LogP contribution in [0.2, 0.25) is 0 Å². The molecule has 9 aromatic rings. The van der Waals surface area contributed by atoms with Gasteiger partial charge in [-0.05, 0) is 129 Å². The van der Waals surface area contributed by atoms with Crippen LogP contribution in [0.5, 0.6) is 0 Å². The Morgan fingerprint density at radius 1 is 0.222 bits per heavy atom. The molecule has 0 saturated heterocycles. The molecule has 3 aromatic carbocycles. The average Bonchev–Trinajstić information content (AvgIpc) is 3.27. The molecule has 0 amide bonds. The molecule has 0 unspecified atom stereocenters. The molecule has 6 nitrogen and oxygen atoms in total. The fourth-order valence-electron chi connectivity index (χ4n) is 6.74. The van der Waals surface area contributed by atoms with Gasteiger partial charge in [0.15, 0.2) is 0 Å². The first-order valence-corrected chi connectivity index (χ1v) is 17.8. The van der Waals surface area contributed by atoms with E-state index in [0.29, 0.717) is 0 Å². The van der Waals surface area contributed by atoms with Crippen LogP contribution in [0, 0.1) is 0 Å². The van der Waals surface area contributed by atoms with E-state index in [0.717, 1.165) is 90.1 Å². The largest absolute Gasteiger partial charge is 0.255 e. The number of nitrogens with zero attached hydrogens (tertiary/aromatic N) is 6. The number of rotatable bonds is 8. The van der Waals surface area contributed by atoms with Gasteiger partial charge in [0.25, 0.3) is 0 Å². The molecule has 9 rings (SSSR count). The monoisotopic (exact) mass is 692 g/mol. The van der Waals surface area contributed by atoms with Gasteiger partial charge in [0, 0.05) is 24.8 Å². The van der Waals surface area contributed by atoms with Crippen LogP contribution >= 0.6 is 0 Å². The summed E-state index contributed by atoms with van der Waals surface area (Å²) < 4.78 is 0. The molecule has 254 valence electrons. The lowest BCUT2D eigenvalue weighted by molar-refractivity contribution is 1.22. The summed E-state index contributed by atoms with van der Waals surface area (Å²) >= 11 is 0. The first-order valence-electron chi connectivity index (χ1n) is 17.8. The molecule has 6 aromatic heterocycles. The third-order valence-electron chi connectivity index (χ3n) is 9.31. The van der Waals surface area contributed by atoms with Gasteiger partial charge in [-0.15, -0.1) is 0 Å².